The Bertz CT molecular complexity index is 357. The van der Waals surface area contributed by atoms with Crippen LogP contribution in [-0.4, -0.2) is 58.5 Å². The van der Waals surface area contributed by atoms with Crippen molar-refractivity contribution in [1.82, 2.24) is 25.2 Å². The summed E-state index contributed by atoms with van der Waals surface area (Å²) in [7, 11) is 0. The molecule has 16 heavy (non-hydrogen) atoms. The van der Waals surface area contributed by atoms with Crippen LogP contribution in [0.25, 0.3) is 0 Å². The molecular weight excluding hydrogens is 208 g/mol. The number of nitrogens with zero attached hydrogens (tertiary/aromatic N) is 4. The number of piperazine rings is 1. The quantitative estimate of drug-likeness (QED) is 0.637. The Kier molecular flexibility index (Phi) is 3.47. The van der Waals surface area contributed by atoms with Gasteiger partial charge in [0.15, 0.2) is 5.69 Å². The maximum atomic E-state index is 12.0. The van der Waals surface area contributed by atoms with E-state index < -0.39 is 0 Å². The van der Waals surface area contributed by atoms with E-state index in [9.17, 15) is 4.79 Å². The summed E-state index contributed by atoms with van der Waals surface area (Å²) in [5.74, 6) is -0.0511. The third-order valence-corrected chi connectivity index (χ3v) is 2.52. The normalized spacial score (nSPS) is 16.4. The van der Waals surface area contributed by atoms with Crippen LogP contribution in [0.2, 0.25) is 0 Å². The molecule has 88 valence electrons. The van der Waals surface area contributed by atoms with E-state index >= 15 is 0 Å². The molecule has 1 amide bonds. The lowest BCUT2D eigenvalue weighted by molar-refractivity contribution is 0.0729. The SMILES string of the molecule is NCCn1cc(C(=O)N2CCNCC2)nn1. The standard InChI is InChI=1S/C9H16N6O/c10-1-4-15-7-8(12-13-15)9(16)14-5-2-11-3-6-14/h7,11H,1-6,10H2. The molecular formula is C9H16N6O. The van der Waals surface area contributed by atoms with Gasteiger partial charge >= 0.3 is 0 Å². The van der Waals surface area contributed by atoms with E-state index in [0.717, 1.165) is 26.2 Å². The van der Waals surface area contributed by atoms with Crippen molar-refractivity contribution in [3.63, 3.8) is 0 Å². The van der Waals surface area contributed by atoms with Crippen molar-refractivity contribution in [2.24, 2.45) is 5.73 Å². The Hall–Kier alpha value is -1.47. The molecule has 0 aliphatic carbocycles. The van der Waals surface area contributed by atoms with Crippen LogP contribution in [0.4, 0.5) is 0 Å². The van der Waals surface area contributed by atoms with Gasteiger partial charge < -0.3 is 16.0 Å². The van der Waals surface area contributed by atoms with Crippen LogP contribution in [0, 0.1) is 0 Å². The van der Waals surface area contributed by atoms with Crippen LogP contribution in [-0.2, 0) is 6.54 Å². The predicted molar refractivity (Wildman–Crippen MR) is 57.8 cm³/mol. The van der Waals surface area contributed by atoms with E-state index in [1.165, 1.54) is 0 Å². The second-order valence-electron chi connectivity index (χ2n) is 3.70. The number of amides is 1. The number of carbonyl (C=O) groups is 1. The summed E-state index contributed by atoms with van der Waals surface area (Å²) in [5.41, 5.74) is 5.79. The van der Waals surface area contributed by atoms with Gasteiger partial charge in [0, 0.05) is 32.7 Å². The first kappa shape index (κ1) is 11.0. The molecule has 0 saturated carbocycles. The van der Waals surface area contributed by atoms with Gasteiger partial charge in [-0.05, 0) is 0 Å². The van der Waals surface area contributed by atoms with Gasteiger partial charge in [0.2, 0.25) is 0 Å². The maximum Gasteiger partial charge on any atom is 0.276 e. The zero-order valence-electron chi connectivity index (χ0n) is 9.09. The Morgan fingerprint density at radius 2 is 2.25 bits per heavy atom. The van der Waals surface area contributed by atoms with Crippen molar-refractivity contribution in [3.05, 3.63) is 11.9 Å². The second-order valence-corrected chi connectivity index (χ2v) is 3.70. The summed E-state index contributed by atoms with van der Waals surface area (Å²) < 4.78 is 1.59. The van der Waals surface area contributed by atoms with E-state index in [2.05, 4.69) is 15.6 Å². The van der Waals surface area contributed by atoms with Crippen molar-refractivity contribution in [2.75, 3.05) is 32.7 Å². The lowest BCUT2D eigenvalue weighted by atomic mass is 10.3. The fourth-order valence-corrected chi connectivity index (χ4v) is 1.67. The molecule has 3 N–H and O–H groups in total. The molecule has 2 heterocycles. The highest BCUT2D eigenvalue weighted by Gasteiger charge is 2.20. The lowest BCUT2D eigenvalue weighted by Gasteiger charge is -2.26. The Labute approximate surface area is 93.6 Å². The molecule has 0 atom stereocenters. The largest absolute Gasteiger partial charge is 0.335 e. The first-order valence-corrected chi connectivity index (χ1v) is 5.41. The molecule has 7 heteroatoms. The maximum absolute atomic E-state index is 12.0. The molecule has 0 radical (unpaired) electrons. The van der Waals surface area contributed by atoms with Crippen molar-refractivity contribution >= 4 is 5.91 Å². The Morgan fingerprint density at radius 1 is 1.50 bits per heavy atom. The minimum Gasteiger partial charge on any atom is -0.335 e. The number of nitrogens with two attached hydrogens (primary N) is 1. The van der Waals surface area contributed by atoms with Crippen LogP contribution < -0.4 is 11.1 Å². The van der Waals surface area contributed by atoms with Gasteiger partial charge in [0.25, 0.3) is 5.91 Å². The molecule has 2 rings (SSSR count). The van der Waals surface area contributed by atoms with Gasteiger partial charge in [-0.25, -0.2) is 0 Å². The highest BCUT2D eigenvalue weighted by atomic mass is 16.2. The summed E-state index contributed by atoms with van der Waals surface area (Å²) in [6, 6.07) is 0. The summed E-state index contributed by atoms with van der Waals surface area (Å²) in [5, 5.41) is 10.9. The number of hydrogen-bond acceptors (Lipinski definition) is 5. The topological polar surface area (TPSA) is 89.1 Å². The van der Waals surface area contributed by atoms with Crippen LogP contribution in [0.5, 0.6) is 0 Å². The minimum atomic E-state index is -0.0511. The summed E-state index contributed by atoms with van der Waals surface area (Å²) in [6.45, 7) is 4.20. The number of hydrogen-bond donors (Lipinski definition) is 2. The molecule has 0 unspecified atom stereocenters. The van der Waals surface area contributed by atoms with Crippen molar-refractivity contribution < 1.29 is 4.79 Å². The molecule has 1 aliphatic heterocycles. The van der Waals surface area contributed by atoms with Gasteiger partial charge in [-0.15, -0.1) is 5.10 Å². The molecule has 7 nitrogen and oxygen atoms in total. The fraction of sp³-hybridized carbons (Fsp3) is 0.667. The first-order valence-electron chi connectivity index (χ1n) is 5.41. The van der Waals surface area contributed by atoms with Crippen molar-refractivity contribution in [3.8, 4) is 0 Å². The zero-order chi connectivity index (χ0) is 11.4. The molecule has 1 aromatic heterocycles. The zero-order valence-corrected chi connectivity index (χ0v) is 9.09. The molecule has 1 saturated heterocycles. The molecule has 1 fully saturated rings. The van der Waals surface area contributed by atoms with Crippen molar-refractivity contribution in [1.29, 1.82) is 0 Å². The number of nitrogens with one attached hydrogen (secondary N) is 1. The summed E-state index contributed by atoms with van der Waals surface area (Å²) in [6.07, 6.45) is 1.65. The van der Waals surface area contributed by atoms with E-state index in [1.54, 1.807) is 15.8 Å². The molecule has 0 aromatic carbocycles. The van der Waals surface area contributed by atoms with E-state index in [-0.39, 0.29) is 5.91 Å². The predicted octanol–water partition coefficient (Wildman–Crippen LogP) is -1.72. The van der Waals surface area contributed by atoms with Gasteiger partial charge in [-0.2, -0.15) is 0 Å². The van der Waals surface area contributed by atoms with E-state index in [4.69, 9.17) is 5.73 Å². The Balaban J connectivity index is 2.01. The highest BCUT2D eigenvalue weighted by Crippen LogP contribution is 2.02. The minimum absolute atomic E-state index is 0.0511. The van der Waals surface area contributed by atoms with Crippen LogP contribution in [0.3, 0.4) is 0 Å². The van der Waals surface area contributed by atoms with Gasteiger partial charge in [-0.3, -0.25) is 9.48 Å². The average molecular weight is 224 g/mol. The third kappa shape index (κ3) is 2.37. The molecule has 0 bridgehead atoms. The van der Waals surface area contributed by atoms with Crippen LogP contribution in [0.1, 0.15) is 10.5 Å². The number of aromatic nitrogens is 3. The number of rotatable bonds is 3. The fourth-order valence-electron chi connectivity index (χ4n) is 1.67. The molecule has 0 spiro atoms. The smallest absolute Gasteiger partial charge is 0.276 e. The highest BCUT2D eigenvalue weighted by molar-refractivity contribution is 5.92. The summed E-state index contributed by atoms with van der Waals surface area (Å²) in [4.78, 5) is 13.8. The van der Waals surface area contributed by atoms with Gasteiger partial charge in [0.05, 0.1) is 12.7 Å². The number of carbonyl (C=O) groups excluding carboxylic acids is 1. The van der Waals surface area contributed by atoms with Gasteiger partial charge in [0.1, 0.15) is 0 Å². The molecule has 1 aromatic rings. The third-order valence-electron chi connectivity index (χ3n) is 2.52. The summed E-state index contributed by atoms with van der Waals surface area (Å²) >= 11 is 0. The first-order chi connectivity index (χ1) is 7.81. The second kappa shape index (κ2) is 5.04. The van der Waals surface area contributed by atoms with E-state index in [1.807, 2.05) is 0 Å². The Morgan fingerprint density at radius 3 is 2.94 bits per heavy atom. The molecule has 1 aliphatic rings. The van der Waals surface area contributed by atoms with Crippen LogP contribution in [0.15, 0.2) is 6.20 Å². The van der Waals surface area contributed by atoms with Crippen LogP contribution >= 0.6 is 0 Å². The lowest BCUT2D eigenvalue weighted by Crippen LogP contribution is -2.46. The van der Waals surface area contributed by atoms with Crippen molar-refractivity contribution in [2.45, 2.75) is 6.54 Å². The average Bonchev–Trinajstić information content (AvgIpc) is 2.78. The monoisotopic (exact) mass is 224 g/mol. The van der Waals surface area contributed by atoms with Gasteiger partial charge in [-0.1, -0.05) is 5.21 Å². The van der Waals surface area contributed by atoms with E-state index in [0.29, 0.717) is 18.8 Å².